The zero-order chi connectivity index (χ0) is 12.4. The van der Waals surface area contributed by atoms with Gasteiger partial charge in [0.2, 0.25) is 5.95 Å². The lowest BCUT2D eigenvalue weighted by Gasteiger charge is -2.14. The highest BCUT2D eigenvalue weighted by molar-refractivity contribution is 5.58. The lowest BCUT2D eigenvalue weighted by Crippen LogP contribution is -2.06. The SMILES string of the molecule is Cc1ccc(F)cc1Nc1nccn1C(C)C. The second-order valence-corrected chi connectivity index (χ2v) is 4.34. The first-order valence-corrected chi connectivity index (χ1v) is 5.64. The van der Waals surface area contributed by atoms with Gasteiger partial charge in [-0.25, -0.2) is 9.37 Å². The number of imidazole rings is 1. The molecule has 0 aliphatic rings. The van der Waals surface area contributed by atoms with Gasteiger partial charge in [0.25, 0.3) is 0 Å². The minimum Gasteiger partial charge on any atom is -0.325 e. The Morgan fingerprint density at radius 2 is 2.12 bits per heavy atom. The van der Waals surface area contributed by atoms with Crippen LogP contribution in [0.25, 0.3) is 0 Å². The molecule has 0 saturated heterocycles. The topological polar surface area (TPSA) is 29.9 Å². The summed E-state index contributed by atoms with van der Waals surface area (Å²) in [4.78, 5) is 4.23. The molecule has 0 fully saturated rings. The molecular formula is C13H16FN3. The first-order chi connectivity index (χ1) is 8.08. The van der Waals surface area contributed by atoms with Gasteiger partial charge >= 0.3 is 0 Å². The number of anilines is 2. The predicted octanol–water partition coefficient (Wildman–Crippen LogP) is 3.66. The number of rotatable bonds is 3. The fourth-order valence-corrected chi connectivity index (χ4v) is 1.68. The number of hydrogen-bond donors (Lipinski definition) is 1. The summed E-state index contributed by atoms with van der Waals surface area (Å²) in [5.41, 5.74) is 1.74. The first kappa shape index (κ1) is 11.6. The van der Waals surface area contributed by atoms with Crippen molar-refractivity contribution in [3.05, 3.63) is 42.0 Å². The summed E-state index contributed by atoms with van der Waals surface area (Å²) in [5, 5.41) is 3.15. The molecule has 1 heterocycles. The van der Waals surface area contributed by atoms with Crippen LogP contribution in [0.5, 0.6) is 0 Å². The fourth-order valence-electron chi connectivity index (χ4n) is 1.68. The van der Waals surface area contributed by atoms with E-state index in [1.165, 1.54) is 12.1 Å². The summed E-state index contributed by atoms with van der Waals surface area (Å²) in [7, 11) is 0. The van der Waals surface area contributed by atoms with Crippen LogP contribution >= 0.6 is 0 Å². The standard InChI is InChI=1S/C13H16FN3/c1-9(2)17-7-6-15-13(17)16-12-8-11(14)5-4-10(12)3/h4-9H,1-3H3,(H,15,16). The molecule has 4 heteroatoms. The van der Waals surface area contributed by atoms with Crippen molar-refractivity contribution in [2.45, 2.75) is 26.8 Å². The van der Waals surface area contributed by atoms with Gasteiger partial charge in [-0.2, -0.15) is 0 Å². The zero-order valence-electron chi connectivity index (χ0n) is 10.2. The highest BCUT2D eigenvalue weighted by atomic mass is 19.1. The van der Waals surface area contributed by atoms with Crippen LogP contribution in [0.4, 0.5) is 16.0 Å². The highest BCUT2D eigenvalue weighted by Gasteiger charge is 2.07. The zero-order valence-corrected chi connectivity index (χ0v) is 10.2. The number of aromatic nitrogens is 2. The summed E-state index contributed by atoms with van der Waals surface area (Å²) in [6, 6.07) is 5.00. The van der Waals surface area contributed by atoms with Crippen molar-refractivity contribution < 1.29 is 4.39 Å². The highest BCUT2D eigenvalue weighted by Crippen LogP contribution is 2.22. The molecule has 90 valence electrons. The van der Waals surface area contributed by atoms with Crippen molar-refractivity contribution in [2.75, 3.05) is 5.32 Å². The lowest BCUT2D eigenvalue weighted by atomic mass is 10.2. The molecule has 1 aromatic heterocycles. The molecule has 0 radical (unpaired) electrons. The molecule has 0 saturated carbocycles. The molecule has 17 heavy (non-hydrogen) atoms. The van der Waals surface area contributed by atoms with Crippen LogP contribution in [-0.4, -0.2) is 9.55 Å². The summed E-state index contributed by atoms with van der Waals surface area (Å²) < 4.78 is 15.2. The van der Waals surface area contributed by atoms with Gasteiger partial charge in [-0.1, -0.05) is 6.07 Å². The third-order valence-electron chi connectivity index (χ3n) is 2.67. The van der Waals surface area contributed by atoms with E-state index in [4.69, 9.17) is 0 Å². The molecule has 1 aromatic carbocycles. The molecular weight excluding hydrogens is 217 g/mol. The van der Waals surface area contributed by atoms with Gasteiger partial charge in [-0.3, -0.25) is 0 Å². The smallest absolute Gasteiger partial charge is 0.207 e. The molecule has 1 N–H and O–H groups in total. The summed E-state index contributed by atoms with van der Waals surface area (Å²) in [6.45, 7) is 6.08. The molecule has 0 atom stereocenters. The van der Waals surface area contributed by atoms with Crippen LogP contribution in [0.1, 0.15) is 25.5 Å². The van der Waals surface area contributed by atoms with Crippen molar-refractivity contribution in [3.63, 3.8) is 0 Å². The minimum absolute atomic E-state index is 0.249. The van der Waals surface area contributed by atoms with Crippen molar-refractivity contribution in [3.8, 4) is 0 Å². The van der Waals surface area contributed by atoms with Crippen LogP contribution in [0.3, 0.4) is 0 Å². The van der Waals surface area contributed by atoms with Gasteiger partial charge in [-0.15, -0.1) is 0 Å². The predicted molar refractivity (Wildman–Crippen MR) is 67.0 cm³/mol. The molecule has 2 rings (SSSR count). The fraction of sp³-hybridized carbons (Fsp3) is 0.308. The van der Waals surface area contributed by atoms with E-state index >= 15 is 0 Å². The van der Waals surface area contributed by atoms with Gasteiger partial charge in [-0.05, 0) is 38.5 Å². The van der Waals surface area contributed by atoms with Gasteiger partial charge in [0.15, 0.2) is 0 Å². The Balaban J connectivity index is 2.31. The molecule has 0 unspecified atom stereocenters. The average Bonchev–Trinajstić information content (AvgIpc) is 2.71. The Morgan fingerprint density at radius 1 is 1.35 bits per heavy atom. The van der Waals surface area contributed by atoms with E-state index in [9.17, 15) is 4.39 Å². The third-order valence-corrected chi connectivity index (χ3v) is 2.67. The van der Waals surface area contributed by atoms with E-state index in [1.807, 2.05) is 17.7 Å². The Kier molecular flexibility index (Phi) is 3.13. The first-order valence-electron chi connectivity index (χ1n) is 5.64. The number of hydrogen-bond acceptors (Lipinski definition) is 2. The number of benzene rings is 1. The second kappa shape index (κ2) is 4.57. The van der Waals surface area contributed by atoms with E-state index in [0.717, 1.165) is 17.2 Å². The Bertz CT molecular complexity index is 517. The van der Waals surface area contributed by atoms with E-state index in [2.05, 4.69) is 24.1 Å². The van der Waals surface area contributed by atoms with Crippen molar-refractivity contribution >= 4 is 11.6 Å². The molecule has 0 bridgehead atoms. The largest absolute Gasteiger partial charge is 0.325 e. The second-order valence-electron chi connectivity index (χ2n) is 4.34. The van der Waals surface area contributed by atoms with E-state index in [1.54, 1.807) is 12.3 Å². The molecule has 0 aliphatic carbocycles. The number of nitrogens with one attached hydrogen (secondary N) is 1. The molecule has 0 spiro atoms. The van der Waals surface area contributed by atoms with Crippen LogP contribution in [0.2, 0.25) is 0 Å². The van der Waals surface area contributed by atoms with Crippen LogP contribution in [0.15, 0.2) is 30.6 Å². The van der Waals surface area contributed by atoms with E-state index < -0.39 is 0 Å². The summed E-state index contributed by atoms with van der Waals surface area (Å²) in [6.07, 6.45) is 3.64. The van der Waals surface area contributed by atoms with Crippen LogP contribution in [0, 0.1) is 12.7 Å². The van der Waals surface area contributed by atoms with Gasteiger partial charge < -0.3 is 9.88 Å². The molecule has 0 amide bonds. The maximum atomic E-state index is 13.2. The lowest BCUT2D eigenvalue weighted by molar-refractivity contribution is 0.607. The number of nitrogens with zero attached hydrogens (tertiary/aromatic N) is 2. The summed E-state index contributed by atoms with van der Waals surface area (Å²) >= 11 is 0. The van der Waals surface area contributed by atoms with Gasteiger partial charge in [0.1, 0.15) is 5.82 Å². The minimum atomic E-state index is -0.249. The Morgan fingerprint density at radius 3 is 2.82 bits per heavy atom. The van der Waals surface area contributed by atoms with Gasteiger partial charge in [0.05, 0.1) is 0 Å². The van der Waals surface area contributed by atoms with Crippen LogP contribution in [-0.2, 0) is 0 Å². The quantitative estimate of drug-likeness (QED) is 0.876. The van der Waals surface area contributed by atoms with Gasteiger partial charge in [0, 0.05) is 24.1 Å². The normalized spacial score (nSPS) is 10.9. The molecule has 0 aliphatic heterocycles. The maximum Gasteiger partial charge on any atom is 0.207 e. The molecule has 3 nitrogen and oxygen atoms in total. The third kappa shape index (κ3) is 2.46. The monoisotopic (exact) mass is 233 g/mol. The Hall–Kier alpha value is -1.84. The Labute approximate surface area is 100 Å². The van der Waals surface area contributed by atoms with E-state index in [0.29, 0.717) is 6.04 Å². The summed E-state index contributed by atoms with van der Waals surface area (Å²) in [5.74, 6) is 0.481. The van der Waals surface area contributed by atoms with E-state index in [-0.39, 0.29) is 5.82 Å². The number of halogens is 1. The number of aryl methyl sites for hydroxylation is 1. The molecule has 2 aromatic rings. The van der Waals surface area contributed by atoms with Crippen molar-refractivity contribution in [1.82, 2.24) is 9.55 Å². The maximum absolute atomic E-state index is 13.2. The van der Waals surface area contributed by atoms with Crippen molar-refractivity contribution in [2.24, 2.45) is 0 Å². The van der Waals surface area contributed by atoms with Crippen molar-refractivity contribution in [1.29, 1.82) is 0 Å². The van der Waals surface area contributed by atoms with Crippen LogP contribution < -0.4 is 5.32 Å². The average molecular weight is 233 g/mol.